The summed E-state index contributed by atoms with van der Waals surface area (Å²) < 4.78 is 11.6. The van der Waals surface area contributed by atoms with Crippen molar-refractivity contribution in [2.45, 2.75) is 40.2 Å². The summed E-state index contributed by atoms with van der Waals surface area (Å²) in [6.45, 7) is 8.62. The van der Waals surface area contributed by atoms with Crippen molar-refractivity contribution in [2.75, 3.05) is 12.4 Å². The quantitative estimate of drug-likeness (QED) is 0.506. The Hall–Kier alpha value is -3.27. The second-order valence-corrected chi connectivity index (χ2v) is 7.78. The summed E-state index contributed by atoms with van der Waals surface area (Å²) in [5, 5.41) is 3.00. The fraction of sp³-hybridized carbons (Fsp3) is 0.269. The molecule has 0 saturated carbocycles. The van der Waals surface area contributed by atoms with Crippen LogP contribution >= 0.6 is 0 Å². The third kappa shape index (κ3) is 5.01. The molecule has 0 aliphatic carbocycles. The van der Waals surface area contributed by atoms with Crippen molar-refractivity contribution in [3.63, 3.8) is 0 Å². The largest absolute Gasteiger partial charge is 0.496 e. The predicted molar refractivity (Wildman–Crippen MR) is 122 cm³/mol. The minimum Gasteiger partial charge on any atom is -0.496 e. The highest BCUT2D eigenvalue weighted by molar-refractivity contribution is 6.04. The Bertz CT molecular complexity index is 1040. The molecule has 1 N–H and O–H groups in total. The van der Waals surface area contributed by atoms with Crippen molar-refractivity contribution >= 4 is 11.6 Å². The van der Waals surface area contributed by atoms with Gasteiger partial charge in [-0.25, -0.2) is 0 Å². The Morgan fingerprint density at radius 3 is 2.43 bits per heavy atom. The minimum atomic E-state index is -0.159. The smallest absolute Gasteiger partial charge is 0.255 e. The van der Waals surface area contributed by atoms with Crippen molar-refractivity contribution in [2.24, 2.45) is 0 Å². The van der Waals surface area contributed by atoms with Crippen molar-refractivity contribution in [1.29, 1.82) is 0 Å². The zero-order valence-corrected chi connectivity index (χ0v) is 18.3. The van der Waals surface area contributed by atoms with Gasteiger partial charge in [-0.05, 0) is 61.2 Å². The lowest BCUT2D eigenvalue weighted by atomic mass is 10.0. The summed E-state index contributed by atoms with van der Waals surface area (Å²) in [7, 11) is 1.62. The molecule has 0 aliphatic heterocycles. The van der Waals surface area contributed by atoms with E-state index in [1.54, 1.807) is 13.2 Å². The van der Waals surface area contributed by atoms with E-state index in [1.165, 1.54) is 0 Å². The third-order valence-electron chi connectivity index (χ3n) is 5.10. The fourth-order valence-corrected chi connectivity index (χ4v) is 3.43. The van der Waals surface area contributed by atoms with Crippen LogP contribution < -0.4 is 14.8 Å². The standard InChI is InChI=1S/C26H29NO3/c1-17(2)22-8-6-7-9-25(22)30-16-21-15-20(11-13-24(21)29-5)26(28)27-23-12-10-18(3)14-19(23)4/h6-15,17H,16H2,1-5H3,(H,27,28). The molecule has 0 aromatic heterocycles. The maximum Gasteiger partial charge on any atom is 0.255 e. The van der Waals surface area contributed by atoms with Crippen LogP contribution in [0.3, 0.4) is 0 Å². The summed E-state index contributed by atoms with van der Waals surface area (Å²) in [4.78, 5) is 12.8. The molecule has 4 nitrogen and oxygen atoms in total. The molecule has 0 bridgehead atoms. The Morgan fingerprint density at radius 2 is 1.73 bits per heavy atom. The van der Waals surface area contributed by atoms with Gasteiger partial charge in [0.05, 0.1) is 7.11 Å². The van der Waals surface area contributed by atoms with Gasteiger partial charge in [0.25, 0.3) is 5.91 Å². The molecule has 0 aliphatic rings. The van der Waals surface area contributed by atoms with Crippen LogP contribution in [0.1, 0.15) is 52.4 Å². The maximum atomic E-state index is 12.8. The molecule has 156 valence electrons. The van der Waals surface area contributed by atoms with Gasteiger partial charge in [0.1, 0.15) is 18.1 Å². The fourth-order valence-electron chi connectivity index (χ4n) is 3.43. The normalized spacial score (nSPS) is 10.7. The zero-order chi connectivity index (χ0) is 21.7. The summed E-state index contributed by atoms with van der Waals surface area (Å²) in [6, 6.07) is 19.4. The molecule has 0 radical (unpaired) electrons. The van der Waals surface area contributed by atoms with Crippen LogP contribution in [0.5, 0.6) is 11.5 Å². The molecule has 3 aromatic rings. The topological polar surface area (TPSA) is 47.6 Å². The molecular weight excluding hydrogens is 374 g/mol. The number of hydrogen-bond acceptors (Lipinski definition) is 3. The minimum absolute atomic E-state index is 0.159. The zero-order valence-electron chi connectivity index (χ0n) is 18.3. The predicted octanol–water partition coefficient (Wildman–Crippen LogP) is 6.27. The van der Waals surface area contributed by atoms with Crippen LogP contribution in [0, 0.1) is 13.8 Å². The number of methoxy groups -OCH3 is 1. The number of ether oxygens (including phenoxy) is 2. The van der Waals surface area contributed by atoms with E-state index in [9.17, 15) is 4.79 Å². The Kier molecular flexibility index (Phi) is 6.78. The number of nitrogens with one attached hydrogen (secondary N) is 1. The Balaban J connectivity index is 1.80. The highest BCUT2D eigenvalue weighted by Crippen LogP contribution is 2.28. The lowest BCUT2D eigenvalue weighted by molar-refractivity contribution is 0.102. The molecule has 1 amide bonds. The van der Waals surface area contributed by atoms with E-state index >= 15 is 0 Å². The first-order valence-electron chi connectivity index (χ1n) is 10.2. The number of amides is 1. The van der Waals surface area contributed by atoms with Crippen LogP contribution in [-0.4, -0.2) is 13.0 Å². The van der Waals surface area contributed by atoms with Crippen molar-refractivity contribution in [1.82, 2.24) is 0 Å². The van der Waals surface area contributed by atoms with Crippen LogP contribution in [0.2, 0.25) is 0 Å². The molecule has 0 atom stereocenters. The molecule has 3 aromatic carbocycles. The Morgan fingerprint density at radius 1 is 0.967 bits per heavy atom. The second-order valence-electron chi connectivity index (χ2n) is 7.78. The lowest BCUT2D eigenvalue weighted by Gasteiger charge is -2.16. The molecule has 0 saturated heterocycles. The van der Waals surface area contributed by atoms with Crippen LogP contribution in [0.25, 0.3) is 0 Å². The van der Waals surface area contributed by atoms with Crippen molar-refractivity contribution in [3.8, 4) is 11.5 Å². The van der Waals surface area contributed by atoms with E-state index in [0.717, 1.165) is 33.7 Å². The highest BCUT2D eigenvalue weighted by atomic mass is 16.5. The van der Waals surface area contributed by atoms with Gasteiger partial charge < -0.3 is 14.8 Å². The van der Waals surface area contributed by atoms with E-state index in [4.69, 9.17) is 9.47 Å². The average molecular weight is 404 g/mol. The highest BCUT2D eigenvalue weighted by Gasteiger charge is 2.13. The number of rotatable bonds is 7. The monoisotopic (exact) mass is 403 g/mol. The molecule has 3 rings (SSSR count). The third-order valence-corrected chi connectivity index (χ3v) is 5.10. The summed E-state index contributed by atoms with van der Waals surface area (Å²) >= 11 is 0. The van der Waals surface area contributed by atoms with Crippen molar-refractivity contribution < 1.29 is 14.3 Å². The lowest BCUT2D eigenvalue weighted by Crippen LogP contribution is -2.13. The molecule has 0 fully saturated rings. The summed E-state index contributed by atoms with van der Waals surface area (Å²) in [5.74, 6) is 1.74. The number of carbonyl (C=O) groups is 1. The SMILES string of the molecule is COc1ccc(C(=O)Nc2ccc(C)cc2C)cc1COc1ccccc1C(C)C. The first-order chi connectivity index (χ1) is 14.4. The molecular formula is C26H29NO3. The number of aryl methyl sites for hydroxylation is 2. The average Bonchev–Trinajstić information content (AvgIpc) is 2.74. The summed E-state index contributed by atoms with van der Waals surface area (Å²) in [5.41, 5.74) is 5.54. The van der Waals surface area contributed by atoms with E-state index in [0.29, 0.717) is 23.8 Å². The number of hydrogen-bond donors (Lipinski definition) is 1. The van der Waals surface area contributed by atoms with Gasteiger partial charge in [0.2, 0.25) is 0 Å². The van der Waals surface area contributed by atoms with Gasteiger partial charge in [-0.1, -0.05) is 49.7 Å². The number of carbonyl (C=O) groups excluding carboxylic acids is 1. The molecule has 30 heavy (non-hydrogen) atoms. The van der Waals surface area contributed by atoms with Gasteiger partial charge in [-0.3, -0.25) is 4.79 Å². The van der Waals surface area contributed by atoms with Gasteiger partial charge in [0.15, 0.2) is 0 Å². The van der Waals surface area contributed by atoms with E-state index in [1.807, 2.05) is 56.3 Å². The van der Waals surface area contributed by atoms with Gasteiger partial charge in [-0.15, -0.1) is 0 Å². The van der Waals surface area contributed by atoms with E-state index < -0.39 is 0 Å². The van der Waals surface area contributed by atoms with Crippen molar-refractivity contribution in [3.05, 3.63) is 88.5 Å². The van der Waals surface area contributed by atoms with Crippen LogP contribution in [-0.2, 0) is 6.61 Å². The number of anilines is 1. The molecule has 0 unspecified atom stereocenters. The second kappa shape index (κ2) is 9.49. The number of benzene rings is 3. The first-order valence-corrected chi connectivity index (χ1v) is 10.2. The molecule has 4 heteroatoms. The Labute approximate surface area is 178 Å². The van der Waals surface area contributed by atoms with Crippen LogP contribution in [0.4, 0.5) is 5.69 Å². The summed E-state index contributed by atoms with van der Waals surface area (Å²) in [6.07, 6.45) is 0. The molecule has 0 spiro atoms. The maximum absolute atomic E-state index is 12.8. The van der Waals surface area contributed by atoms with E-state index in [-0.39, 0.29) is 5.91 Å². The first kappa shape index (κ1) is 21.4. The van der Waals surface area contributed by atoms with Gasteiger partial charge in [0, 0.05) is 16.8 Å². The van der Waals surface area contributed by atoms with E-state index in [2.05, 4.69) is 31.3 Å². The van der Waals surface area contributed by atoms with Crippen LogP contribution in [0.15, 0.2) is 60.7 Å². The molecule has 0 heterocycles. The van der Waals surface area contributed by atoms with Gasteiger partial charge >= 0.3 is 0 Å². The number of para-hydroxylation sites is 1. The van der Waals surface area contributed by atoms with Gasteiger partial charge in [-0.2, -0.15) is 0 Å².